The molecule has 13 heavy (non-hydrogen) atoms. The van der Waals surface area contributed by atoms with E-state index >= 15 is 0 Å². The zero-order valence-corrected chi connectivity index (χ0v) is 7.95. The van der Waals surface area contributed by atoms with Crippen molar-refractivity contribution >= 4 is 5.97 Å². The third-order valence-electron chi connectivity index (χ3n) is 2.86. The number of nitrogens with two attached hydrogens (primary N) is 1. The number of ether oxygens (including phenoxy) is 1. The van der Waals surface area contributed by atoms with E-state index in [9.17, 15) is 4.79 Å². The molecule has 3 N–H and O–H groups in total. The number of carbonyl (C=O) groups is 1. The molecule has 1 atom stereocenters. The average Bonchev–Trinajstić information content (AvgIpc) is 2.54. The van der Waals surface area contributed by atoms with Crippen molar-refractivity contribution < 1.29 is 14.6 Å². The lowest BCUT2D eigenvalue weighted by Crippen LogP contribution is -2.40. The third kappa shape index (κ3) is 2.42. The van der Waals surface area contributed by atoms with E-state index in [1.54, 1.807) is 7.11 Å². The Morgan fingerprint density at radius 2 is 2.15 bits per heavy atom. The van der Waals surface area contributed by atoms with E-state index in [0.717, 1.165) is 25.7 Å². The van der Waals surface area contributed by atoms with Crippen LogP contribution in [-0.4, -0.2) is 29.8 Å². The Morgan fingerprint density at radius 3 is 2.54 bits per heavy atom. The first kappa shape index (κ1) is 10.5. The van der Waals surface area contributed by atoms with Crippen molar-refractivity contribution in [3.8, 4) is 0 Å². The van der Waals surface area contributed by atoms with E-state index in [0.29, 0.717) is 6.42 Å². The maximum Gasteiger partial charge on any atom is 0.320 e. The number of methoxy groups -OCH3 is 1. The van der Waals surface area contributed by atoms with E-state index in [-0.39, 0.29) is 5.60 Å². The topological polar surface area (TPSA) is 72.5 Å². The lowest BCUT2D eigenvalue weighted by molar-refractivity contribution is -0.140. The van der Waals surface area contributed by atoms with E-state index in [1.807, 2.05) is 0 Å². The standard InChI is InChI=1S/C9H17NO3/c1-13-9(4-2-3-5-9)6-7(10)8(11)12/h7H,2-6,10H2,1H3,(H,11,12). The van der Waals surface area contributed by atoms with E-state index in [2.05, 4.69) is 0 Å². The van der Waals surface area contributed by atoms with Gasteiger partial charge in [0, 0.05) is 13.5 Å². The molecule has 4 nitrogen and oxygen atoms in total. The smallest absolute Gasteiger partial charge is 0.320 e. The van der Waals surface area contributed by atoms with Gasteiger partial charge in [0.1, 0.15) is 6.04 Å². The number of hydrogen-bond donors (Lipinski definition) is 2. The molecule has 4 heteroatoms. The number of aliphatic carboxylic acids is 1. The van der Waals surface area contributed by atoms with Crippen molar-refractivity contribution in [2.75, 3.05) is 7.11 Å². The normalized spacial score (nSPS) is 22.9. The van der Waals surface area contributed by atoms with Crippen LogP contribution >= 0.6 is 0 Å². The van der Waals surface area contributed by atoms with Crippen LogP contribution in [0.4, 0.5) is 0 Å². The molecule has 0 aliphatic heterocycles. The fraction of sp³-hybridized carbons (Fsp3) is 0.889. The van der Waals surface area contributed by atoms with Crippen LogP contribution in [0.15, 0.2) is 0 Å². The summed E-state index contributed by atoms with van der Waals surface area (Å²) in [5, 5.41) is 8.67. The minimum atomic E-state index is -0.941. The summed E-state index contributed by atoms with van der Waals surface area (Å²) < 4.78 is 5.38. The zero-order valence-electron chi connectivity index (χ0n) is 7.95. The monoisotopic (exact) mass is 187 g/mol. The first-order valence-corrected chi connectivity index (χ1v) is 4.63. The van der Waals surface area contributed by atoms with Crippen LogP contribution in [0.1, 0.15) is 32.1 Å². The largest absolute Gasteiger partial charge is 0.480 e. The molecule has 0 saturated heterocycles. The van der Waals surface area contributed by atoms with Crippen molar-refractivity contribution in [3.05, 3.63) is 0 Å². The highest BCUT2D eigenvalue weighted by atomic mass is 16.5. The first-order valence-electron chi connectivity index (χ1n) is 4.63. The van der Waals surface area contributed by atoms with E-state index in [1.165, 1.54) is 0 Å². The summed E-state index contributed by atoms with van der Waals surface area (Å²) in [7, 11) is 1.64. The second kappa shape index (κ2) is 4.07. The van der Waals surface area contributed by atoms with Gasteiger partial charge < -0.3 is 15.6 Å². The molecule has 0 aromatic rings. The van der Waals surface area contributed by atoms with Crippen LogP contribution in [-0.2, 0) is 9.53 Å². The molecule has 0 radical (unpaired) electrons. The summed E-state index contributed by atoms with van der Waals surface area (Å²) in [6.45, 7) is 0. The zero-order chi connectivity index (χ0) is 9.90. The molecule has 76 valence electrons. The van der Waals surface area contributed by atoms with E-state index < -0.39 is 12.0 Å². The Morgan fingerprint density at radius 1 is 1.62 bits per heavy atom. The molecular weight excluding hydrogens is 170 g/mol. The molecule has 1 aliphatic rings. The molecule has 1 unspecified atom stereocenters. The predicted octanol–water partition coefficient (Wildman–Crippen LogP) is 0.748. The summed E-state index contributed by atoms with van der Waals surface area (Å²) in [5.74, 6) is -0.941. The average molecular weight is 187 g/mol. The van der Waals surface area contributed by atoms with Gasteiger partial charge in [0.25, 0.3) is 0 Å². The quantitative estimate of drug-likeness (QED) is 0.681. The number of hydrogen-bond acceptors (Lipinski definition) is 3. The Balaban J connectivity index is 2.52. The van der Waals surface area contributed by atoms with Crippen molar-refractivity contribution in [3.63, 3.8) is 0 Å². The van der Waals surface area contributed by atoms with Crippen LogP contribution in [0, 0.1) is 0 Å². The van der Waals surface area contributed by atoms with Crippen LogP contribution in [0.25, 0.3) is 0 Å². The maximum atomic E-state index is 10.6. The maximum absolute atomic E-state index is 10.6. The number of rotatable bonds is 4. The highest BCUT2D eigenvalue weighted by Crippen LogP contribution is 2.36. The van der Waals surface area contributed by atoms with Gasteiger partial charge in [-0.1, -0.05) is 12.8 Å². The Labute approximate surface area is 78.1 Å². The van der Waals surface area contributed by atoms with Crippen LogP contribution in [0.5, 0.6) is 0 Å². The molecule has 1 saturated carbocycles. The van der Waals surface area contributed by atoms with Crippen molar-refractivity contribution in [2.45, 2.75) is 43.7 Å². The molecule has 0 bridgehead atoms. The molecule has 0 heterocycles. The van der Waals surface area contributed by atoms with Crippen molar-refractivity contribution in [1.82, 2.24) is 0 Å². The molecule has 0 aromatic carbocycles. The van der Waals surface area contributed by atoms with Crippen LogP contribution < -0.4 is 5.73 Å². The molecule has 1 rings (SSSR count). The van der Waals surface area contributed by atoms with Gasteiger partial charge in [0.2, 0.25) is 0 Å². The van der Waals surface area contributed by atoms with Gasteiger partial charge in [-0.05, 0) is 12.8 Å². The van der Waals surface area contributed by atoms with Crippen LogP contribution in [0.3, 0.4) is 0 Å². The van der Waals surface area contributed by atoms with Gasteiger partial charge >= 0.3 is 5.97 Å². The lowest BCUT2D eigenvalue weighted by Gasteiger charge is -2.28. The minimum absolute atomic E-state index is 0.266. The number of carboxylic acids is 1. The molecule has 0 spiro atoms. The Bertz CT molecular complexity index is 187. The third-order valence-corrected chi connectivity index (χ3v) is 2.86. The lowest BCUT2D eigenvalue weighted by atomic mass is 9.93. The Kier molecular flexibility index (Phi) is 3.27. The van der Waals surface area contributed by atoms with E-state index in [4.69, 9.17) is 15.6 Å². The van der Waals surface area contributed by atoms with Crippen molar-refractivity contribution in [2.24, 2.45) is 5.73 Å². The van der Waals surface area contributed by atoms with Gasteiger partial charge in [-0.15, -0.1) is 0 Å². The second-order valence-electron chi connectivity index (χ2n) is 3.74. The highest BCUT2D eigenvalue weighted by molar-refractivity contribution is 5.73. The van der Waals surface area contributed by atoms with Crippen LogP contribution in [0.2, 0.25) is 0 Å². The SMILES string of the molecule is COC1(CC(N)C(=O)O)CCCC1. The predicted molar refractivity (Wildman–Crippen MR) is 48.4 cm³/mol. The molecule has 0 aromatic heterocycles. The summed E-state index contributed by atoms with van der Waals surface area (Å²) in [5.41, 5.74) is 5.21. The summed E-state index contributed by atoms with van der Waals surface area (Å²) in [4.78, 5) is 10.6. The summed E-state index contributed by atoms with van der Waals surface area (Å²) in [6.07, 6.45) is 4.52. The fourth-order valence-corrected chi connectivity index (χ4v) is 2.00. The molecule has 1 fully saturated rings. The summed E-state index contributed by atoms with van der Waals surface area (Å²) >= 11 is 0. The van der Waals surface area contributed by atoms with Gasteiger partial charge in [0.15, 0.2) is 0 Å². The fourth-order valence-electron chi connectivity index (χ4n) is 2.00. The van der Waals surface area contributed by atoms with Gasteiger partial charge in [-0.25, -0.2) is 0 Å². The van der Waals surface area contributed by atoms with Gasteiger partial charge in [-0.3, -0.25) is 4.79 Å². The second-order valence-corrected chi connectivity index (χ2v) is 3.74. The minimum Gasteiger partial charge on any atom is -0.480 e. The Hall–Kier alpha value is -0.610. The summed E-state index contributed by atoms with van der Waals surface area (Å²) in [6, 6.07) is -0.793. The van der Waals surface area contributed by atoms with Crippen molar-refractivity contribution in [1.29, 1.82) is 0 Å². The van der Waals surface area contributed by atoms with Gasteiger partial charge in [0.05, 0.1) is 5.60 Å². The molecule has 1 aliphatic carbocycles. The molecule has 0 amide bonds. The van der Waals surface area contributed by atoms with Gasteiger partial charge in [-0.2, -0.15) is 0 Å². The first-order chi connectivity index (χ1) is 6.09. The number of carboxylic acid groups (broad SMARTS) is 1. The molecular formula is C9H17NO3. The highest BCUT2D eigenvalue weighted by Gasteiger charge is 2.36.